The Hall–Kier alpha value is -0.570. The number of hydrogen-bond acceptors (Lipinski definition) is 2. The molecule has 0 aromatic rings. The Bertz CT molecular complexity index is 261. The van der Waals surface area contributed by atoms with Crippen molar-refractivity contribution in [3.8, 4) is 0 Å². The van der Waals surface area contributed by atoms with Crippen LogP contribution in [-0.2, 0) is 4.79 Å². The number of carboxylic acid groups (broad SMARTS) is 1. The molecule has 1 aliphatic rings. The molecule has 0 spiro atoms. The molecule has 1 unspecified atom stereocenters. The third-order valence-electron chi connectivity index (χ3n) is 3.94. The van der Waals surface area contributed by atoms with E-state index in [2.05, 4.69) is 33.0 Å². The van der Waals surface area contributed by atoms with E-state index < -0.39 is 11.5 Å². The molecule has 0 saturated heterocycles. The van der Waals surface area contributed by atoms with Crippen LogP contribution in [0.5, 0.6) is 0 Å². The third-order valence-corrected chi connectivity index (χ3v) is 3.94. The zero-order valence-electron chi connectivity index (χ0n) is 11.0. The minimum Gasteiger partial charge on any atom is -0.480 e. The van der Waals surface area contributed by atoms with Crippen molar-refractivity contribution in [1.82, 2.24) is 5.32 Å². The zero-order valence-corrected chi connectivity index (χ0v) is 11.0. The van der Waals surface area contributed by atoms with Crippen LogP contribution in [-0.4, -0.2) is 23.2 Å². The molecule has 0 amide bonds. The van der Waals surface area contributed by atoms with Crippen LogP contribution in [0.15, 0.2) is 0 Å². The topological polar surface area (TPSA) is 49.3 Å². The second kappa shape index (κ2) is 4.74. The lowest BCUT2D eigenvalue weighted by Crippen LogP contribution is -2.63. The highest BCUT2D eigenvalue weighted by Crippen LogP contribution is 2.44. The largest absolute Gasteiger partial charge is 0.480 e. The maximum atomic E-state index is 11.6. The van der Waals surface area contributed by atoms with Crippen LogP contribution in [0.25, 0.3) is 0 Å². The van der Waals surface area contributed by atoms with Gasteiger partial charge >= 0.3 is 5.97 Å². The van der Waals surface area contributed by atoms with Crippen molar-refractivity contribution in [2.24, 2.45) is 11.3 Å². The average molecular weight is 227 g/mol. The minimum absolute atomic E-state index is 0.161. The molecule has 94 valence electrons. The van der Waals surface area contributed by atoms with Crippen LogP contribution >= 0.6 is 0 Å². The highest BCUT2D eigenvalue weighted by atomic mass is 16.4. The smallest absolute Gasteiger partial charge is 0.324 e. The maximum absolute atomic E-state index is 11.6. The van der Waals surface area contributed by atoms with Crippen LogP contribution < -0.4 is 5.32 Å². The molecule has 1 saturated carbocycles. The summed E-state index contributed by atoms with van der Waals surface area (Å²) in [5.41, 5.74) is -0.887. The van der Waals surface area contributed by atoms with Gasteiger partial charge in [-0.05, 0) is 30.7 Å². The summed E-state index contributed by atoms with van der Waals surface area (Å²) < 4.78 is 0. The molecule has 1 fully saturated rings. The Morgan fingerprint density at radius 3 is 2.31 bits per heavy atom. The van der Waals surface area contributed by atoms with Crippen LogP contribution in [0.4, 0.5) is 0 Å². The summed E-state index contributed by atoms with van der Waals surface area (Å²) in [5.74, 6) is -0.202. The van der Waals surface area contributed by atoms with Crippen molar-refractivity contribution in [3.05, 3.63) is 0 Å². The van der Waals surface area contributed by atoms with E-state index in [0.29, 0.717) is 5.92 Å². The van der Waals surface area contributed by atoms with Gasteiger partial charge in [0.05, 0.1) is 0 Å². The molecule has 0 bridgehead atoms. The number of carboxylic acids is 1. The lowest BCUT2D eigenvalue weighted by Gasteiger charge is -2.48. The Labute approximate surface area is 98.6 Å². The molecule has 3 heteroatoms. The number of aliphatic carboxylic acids is 1. The number of nitrogens with one attached hydrogen (secondary N) is 1. The Balaban J connectivity index is 2.89. The third kappa shape index (κ3) is 2.40. The number of carbonyl (C=O) groups is 1. The zero-order chi connectivity index (χ0) is 12.4. The van der Waals surface area contributed by atoms with Crippen LogP contribution in [0, 0.1) is 11.3 Å². The first-order chi connectivity index (χ1) is 7.32. The fraction of sp³-hybridized carbons (Fsp3) is 0.923. The lowest BCUT2D eigenvalue weighted by atomic mass is 9.63. The summed E-state index contributed by atoms with van der Waals surface area (Å²) >= 11 is 0. The van der Waals surface area contributed by atoms with Gasteiger partial charge in [0.2, 0.25) is 0 Å². The Morgan fingerprint density at radius 1 is 1.31 bits per heavy atom. The first-order valence-corrected chi connectivity index (χ1v) is 6.30. The molecule has 0 heterocycles. The fourth-order valence-corrected chi connectivity index (χ4v) is 2.69. The molecule has 1 aliphatic carbocycles. The normalized spacial score (nSPS) is 29.3. The highest BCUT2D eigenvalue weighted by Gasteiger charge is 2.52. The van der Waals surface area contributed by atoms with E-state index in [9.17, 15) is 9.90 Å². The highest BCUT2D eigenvalue weighted by molar-refractivity contribution is 5.80. The molecule has 0 aliphatic heterocycles. The van der Waals surface area contributed by atoms with Gasteiger partial charge in [-0.15, -0.1) is 0 Å². The predicted octanol–water partition coefficient (Wildman–Crippen LogP) is 2.66. The molecule has 3 nitrogen and oxygen atoms in total. The van der Waals surface area contributed by atoms with Crippen LogP contribution in [0.1, 0.15) is 53.4 Å². The van der Waals surface area contributed by atoms with E-state index in [1.165, 1.54) is 0 Å². The van der Waals surface area contributed by atoms with Crippen molar-refractivity contribution in [3.63, 3.8) is 0 Å². The maximum Gasteiger partial charge on any atom is 0.324 e. The molecule has 0 aromatic carbocycles. The van der Waals surface area contributed by atoms with Gasteiger partial charge in [-0.1, -0.05) is 40.5 Å². The van der Waals surface area contributed by atoms with E-state index in [1.807, 2.05) is 0 Å². The summed E-state index contributed by atoms with van der Waals surface area (Å²) in [4.78, 5) is 11.6. The molecule has 2 N–H and O–H groups in total. The molecule has 0 aromatic heterocycles. The first-order valence-electron chi connectivity index (χ1n) is 6.30. The molecule has 16 heavy (non-hydrogen) atoms. The predicted molar refractivity (Wildman–Crippen MR) is 65.5 cm³/mol. The first kappa shape index (κ1) is 13.5. The van der Waals surface area contributed by atoms with Gasteiger partial charge in [-0.3, -0.25) is 4.79 Å². The van der Waals surface area contributed by atoms with Gasteiger partial charge in [0.1, 0.15) is 5.54 Å². The minimum atomic E-state index is -0.727. The van der Waals surface area contributed by atoms with Crippen molar-refractivity contribution in [2.45, 2.75) is 58.9 Å². The van der Waals surface area contributed by atoms with Crippen LogP contribution in [0.2, 0.25) is 0 Å². The number of hydrogen-bond donors (Lipinski definition) is 2. The van der Waals surface area contributed by atoms with Crippen molar-refractivity contribution >= 4 is 5.97 Å². The van der Waals surface area contributed by atoms with E-state index in [0.717, 1.165) is 32.2 Å². The van der Waals surface area contributed by atoms with Gasteiger partial charge in [-0.25, -0.2) is 0 Å². The van der Waals surface area contributed by atoms with E-state index in [-0.39, 0.29) is 5.41 Å². The fourth-order valence-electron chi connectivity index (χ4n) is 2.69. The Kier molecular flexibility index (Phi) is 4.00. The summed E-state index contributed by atoms with van der Waals surface area (Å²) in [5, 5.41) is 12.9. The van der Waals surface area contributed by atoms with Crippen molar-refractivity contribution in [2.75, 3.05) is 6.54 Å². The second-order valence-electron chi connectivity index (χ2n) is 6.08. The molecule has 1 rings (SSSR count). The SMILES string of the molecule is CC(C)CNC1(C(=O)O)CCCCC1(C)C. The lowest BCUT2D eigenvalue weighted by molar-refractivity contribution is -0.153. The second-order valence-corrected chi connectivity index (χ2v) is 6.08. The molecule has 0 radical (unpaired) electrons. The van der Waals surface area contributed by atoms with Gasteiger partial charge in [0, 0.05) is 0 Å². The van der Waals surface area contributed by atoms with Crippen molar-refractivity contribution in [1.29, 1.82) is 0 Å². The van der Waals surface area contributed by atoms with E-state index >= 15 is 0 Å². The van der Waals surface area contributed by atoms with Gasteiger partial charge in [-0.2, -0.15) is 0 Å². The van der Waals surface area contributed by atoms with Gasteiger partial charge in [0.25, 0.3) is 0 Å². The van der Waals surface area contributed by atoms with Gasteiger partial charge < -0.3 is 10.4 Å². The van der Waals surface area contributed by atoms with Crippen molar-refractivity contribution < 1.29 is 9.90 Å². The quantitative estimate of drug-likeness (QED) is 0.776. The molecular weight excluding hydrogens is 202 g/mol. The summed E-state index contributed by atoms with van der Waals surface area (Å²) in [6.45, 7) is 9.15. The standard InChI is InChI=1S/C13H25NO2/c1-10(2)9-14-13(11(15)16)8-6-5-7-12(13,3)4/h10,14H,5-9H2,1-4H3,(H,15,16). The summed E-state index contributed by atoms with van der Waals surface area (Å²) in [6, 6.07) is 0. The van der Waals surface area contributed by atoms with E-state index in [1.54, 1.807) is 0 Å². The molecule has 1 atom stereocenters. The van der Waals surface area contributed by atoms with Gasteiger partial charge in [0.15, 0.2) is 0 Å². The summed E-state index contributed by atoms with van der Waals surface area (Å²) in [7, 11) is 0. The Morgan fingerprint density at radius 2 is 1.88 bits per heavy atom. The summed E-state index contributed by atoms with van der Waals surface area (Å²) in [6.07, 6.45) is 3.90. The number of rotatable bonds is 4. The average Bonchev–Trinajstić information content (AvgIpc) is 2.15. The van der Waals surface area contributed by atoms with E-state index in [4.69, 9.17) is 0 Å². The monoisotopic (exact) mass is 227 g/mol. The van der Waals surface area contributed by atoms with Crippen LogP contribution in [0.3, 0.4) is 0 Å². The molecular formula is C13H25NO2.